The fraction of sp³-hybridized carbons (Fsp3) is 0.111. The zero-order chi connectivity index (χ0) is 11.1. The van der Waals surface area contributed by atoms with Crippen LogP contribution in [0, 0.1) is 6.92 Å². The molecule has 0 unspecified atom stereocenters. The molecule has 80 valence electrons. The molecule has 3 heterocycles. The second-order valence-corrected chi connectivity index (χ2v) is 3.33. The van der Waals surface area contributed by atoms with Crippen LogP contribution in [0.2, 0.25) is 0 Å². The third kappa shape index (κ3) is 1.14. The first kappa shape index (κ1) is 8.84. The van der Waals surface area contributed by atoms with Crippen LogP contribution in [0.3, 0.4) is 0 Å². The maximum absolute atomic E-state index is 11.3. The number of nitrogens with zero attached hydrogens (tertiary/aromatic N) is 5. The summed E-state index contributed by atoms with van der Waals surface area (Å²) in [6.07, 6.45) is 3.47. The number of nitrogens with one attached hydrogen (secondary N) is 1. The molecule has 0 saturated heterocycles. The van der Waals surface area contributed by atoms with Crippen molar-refractivity contribution in [2.45, 2.75) is 6.92 Å². The molecule has 3 aromatic rings. The zero-order valence-electron chi connectivity index (χ0n) is 8.45. The molecule has 0 amide bonds. The summed E-state index contributed by atoms with van der Waals surface area (Å²) >= 11 is 0. The summed E-state index contributed by atoms with van der Waals surface area (Å²) in [7, 11) is 0. The van der Waals surface area contributed by atoms with Gasteiger partial charge in [0.2, 0.25) is 0 Å². The predicted molar refractivity (Wildman–Crippen MR) is 55.5 cm³/mol. The molecular weight excluding hydrogens is 208 g/mol. The lowest BCUT2D eigenvalue weighted by atomic mass is 10.5. The summed E-state index contributed by atoms with van der Waals surface area (Å²) in [5.41, 5.74) is 0.140. The monoisotopic (exact) mass is 216 g/mol. The molecular formula is C9H8N6O. The van der Waals surface area contributed by atoms with Crippen LogP contribution >= 0.6 is 0 Å². The van der Waals surface area contributed by atoms with E-state index in [4.69, 9.17) is 0 Å². The van der Waals surface area contributed by atoms with Gasteiger partial charge in [0.1, 0.15) is 5.82 Å². The molecule has 0 radical (unpaired) electrons. The lowest BCUT2D eigenvalue weighted by Gasteiger charge is -2.02. The Bertz CT molecular complexity index is 706. The van der Waals surface area contributed by atoms with E-state index in [9.17, 15) is 4.79 Å². The first-order valence-electron chi connectivity index (χ1n) is 4.70. The summed E-state index contributed by atoms with van der Waals surface area (Å²) in [5, 5.41) is 10.3. The highest BCUT2D eigenvalue weighted by atomic mass is 16.2. The molecule has 0 aliphatic carbocycles. The highest BCUT2D eigenvalue weighted by molar-refractivity contribution is 5.38. The molecule has 0 aliphatic heterocycles. The summed E-state index contributed by atoms with van der Waals surface area (Å²) < 4.78 is 3.01. The van der Waals surface area contributed by atoms with Gasteiger partial charge in [0.15, 0.2) is 11.5 Å². The molecule has 0 aromatic carbocycles. The minimum atomic E-state index is -0.352. The van der Waals surface area contributed by atoms with Crippen molar-refractivity contribution in [2.24, 2.45) is 0 Å². The minimum absolute atomic E-state index is 0.352. The average molecular weight is 216 g/mol. The molecule has 7 heteroatoms. The first-order chi connectivity index (χ1) is 7.75. The third-order valence-electron chi connectivity index (χ3n) is 2.33. The van der Waals surface area contributed by atoms with E-state index in [0.29, 0.717) is 11.5 Å². The number of aromatic amines is 1. The van der Waals surface area contributed by atoms with Gasteiger partial charge in [-0.15, -0.1) is 5.10 Å². The first-order valence-corrected chi connectivity index (χ1v) is 4.70. The fourth-order valence-electron chi connectivity index (χ4n) is 1.54. The van der Waals surface area contributed by atoms with Gasteiger partial charge in [-0.2, -0.15) is 9.61 Å². The molecule has 3 rings (SSSR count). The van der Waals surface area contributed by atoms with E-state index in [1.807, 2.05) is 6.92 Å². The van der Waals surface area contributed by atoms with Crippen molar-refractivity contribution in [1.82, 2.24) is 29.4 Å². The van der Waals surface area contributed by atoms with Gasteiger partial charge >= 0.3 is 5.69 Å². The van der Waals surface area contributed by atoms with Crippen LogP contribution in [0.4, 0.5) is 0 Å². The van der Waals surface area contributed by atoms with Gasteiger partial charge in [-0.05, 0) is 19.1 Å². The van der Waals surface area contributed by atoms with Crippen molar-refractivity contribution in [3.05, 3.63) is 40.8 Å². The number of hydrogen-bond acceptors (Lipinski definition) is 4. The summed E-state index contributed by atoms with van der Waals surface area (Å²) in [6, 6.07) is 3.50. The highest BCUT2D eigenvalue weighted by Gasteiger charge is 2.05. The minimum Gasteiger partial charge on any atom is -0.287 e. The van der Waals surface area contributed by atoms with Gasteiger partial charge in [0.05, 0.1) is 0 Å². The highest BCUT2D eigenvalue weighted by Crippen LogP contribution is 2.06. The van der Waals surface area contributed by atoms with Gasteiger partial charge in [0, 0.05) is 12.4 Å². The maximum Gasteiger partial charge on any atom is 0.364 e. The van der Waals surface area contributed by atoms with Gasteiger partial charge in [-0.1, -0.05) is 0 Å². The average Bonchev–Trinajstić information content (AvgIpc) is 2.86. The molecule has 16 heavy (non-hydrogen) atoms. The van der Waals surface area contributed by atoms with E-state index in [1.165, 1.54) is 4.52 Å². The molecule has 0 bridgehead atoms. The second kappa shape index (κ2) is 3.02. The number of aryl methyl sites for hydroxylation is 1. The molecule has 0 spiro atoms. The maximum atomic E-state index is 11.3. The quantitative estimate of drug-likeness (QED) is 0.616. The van der Waals surface area contributed by atoms with Gasteiger partial charge < -0.3 is 0 Å². The van der Waals surface area contributed by atoms with Crippen LogP contribution in [0.1, 0.15) is 5.82 Å². The van der Waals surface area contributed by atoms with Gasteiger partial charge in [0.25, 0.3) is 0 Å². The van der Waals surface area contributed by atoms with E-state index < -0.39 is 0 Å². The molecule has 0 saturated carbocycles. The summed E-state index contributed by atoms with van der Waals surface area (Å²) in [6.45, 7) is 1.87. The molecule has 0 aliphatic rings. The Kier molecular flexibility index (Phi) is 1.67. The molecule has 0 atom stereocenters. The predicted octanol–water partition coefficient (Wildman–Crippen LogP) is -0.0883. The van der Waals surface area contributed by atoms with E-state index >= 15 is 0 Å². The molecule has 7 nitrogen and oxygen atoms in total. The van der Waals surface area contributed by atoms with E-state index in [0.717, 1.165) is 5.82 Å². The van der Waals surface area contributed by atoms with Crippen molar-refractivity contribution in [1.29, 1.82) is 0 Å². The van der Waals surface area contributed by atoms with Crippen molar-refractivity contribution >= 4 is 5.65 Å². The van der Waals surface area contributed by atoms with Crippen molar-refractivity contribution < 1.29 is 0 Å². The Morgan fingerprint density at radius 1 is 1.38 bits per heavy atom. The van der Waals surface area contributed by atoms with Gasteiger partial charge in [-0.3, -0.25) is 4.57 Å². The van der Waals surface area contributed by atoms with Crippen LogP contribution in [0.15, 0.2) is 29.3 Å². The Balaban J connectivity index is 2.29. The lowest BCUT2D eigenvalue weighted by Crippen LogP contribution is -2.14. The number of H-pyrrole nitrogens is 1. The van der Waals surface area contributed by atoms with Crippen LogP contribution in [-0.4, -0.2) is 29.4 Å². The van der Waals surface area contributed by atoms with Crippen molar-refractivity contribution in [3.63, 3.8) is 0 Å². The van der Waals surface area contributed by atoms with Gasteiger partial charge in [-0.25, -0.2) is 14.9 Å². The number of hydrogen-bond donors (Lipinski definition) is 1. The smallest absolute Gasteiger partial charge is 0.287 e. The Hall–Kier alpha value is -2.44. The Morgan fingerprint density at radius 2 is 2.25 bits per heavy atom. The topological polar surface area (TPSA) is 80.9 Å². The largest absolute Gasteiger partial charge is 0.364 e. The third-order valence-corrected chi connectivity index (χ3v) is 2.33. The summed E-state index contributed by atoms with van der Waals surface area (Å²) in [5.74, 6) is 1.44. The van der Waals surface area contributed by atoms with E-state index in [1.54, 1.807) is 29.1 Å². The lowest BCUT2D eigenvalue weighted by molar-refractivity contribution is 0.818. The van der Waals surface area contributed by atoms with Crippen LogP contribution in [0.25, 0.3) is 11.5 Å². The van der Waals surface area contributed by atoms with Crippen LogP contribution < -0.4 is 5.69 Å². The van der Waals surface area contributed by atoms with Crippen LogP contribution in [-0.2, 0) is 0 Å². The number of aromatic nitrogens is 6. The number of fused-ring (bicyclic) bond motifs is 1. The van der Waals surface area contributed by atoms with Crippen molar-refractivity contribution in [3.8, 4) is 5.82 Å². The van der Waals surface area contributed by atoms with E-state index in [2.05, 4.69) is 20.3 Å². The molecule has 3 aromatic heterocycles. The number of imidazole rings is 1. The fourth-order valence-corrected chi connectivity index (χ4v) is 1.54. The number of rotatable bonds is 1. The molecule has 1 N–H and O–H groups in total. The van der Waals surface area contributed by atoms with E-state index in [-0.39, 0.29) is 5.69 Å². The normalized spacial score (nSPS) is 11.1. The Labute approximate surface area is 89.4 Å². The van der Waals surface area contributed by atoms with Crippen molar-refractivity contribution in [2.75, 3.05) is 0 Å². The summed E-state index contributed by atoms with van der Waals surface area (Å²) in [4.78, 5) is 15.4. The second-order valence-electron chi connectivity index (χ2n) is 3.33. The molecule has 0 fully saturated rings. The zero-order valence-corrected chi connectivity index (χ0v) is 8.45. The standard InChI is InChI=1S/C9H8N6O/c1-6-10-4-5-14(6)8-3-2-7-11-12-9(16)15(7)13-8/h2-5H,1H3,(H,12,16). The SMILES string of the molecule is Cc1nccn1-c1ccc2n[nH]c(=O)n2n1. The Morgan fingerprint density at radius 3 is 3.00 bits per heavy atom. The van der Waals surface area contributed by atoms with Crippen LogP contribution in [0.5, 0.6) is 0 Å².